The normalized spacial score (nSPS) is 19.6. The molecule has 0 bridgehead atoms. The molecule has 0 atom stereocenters. The number of esters is 2. The van der Waals surface area contributed by atoms with Crippen LogP contribution in [-0.4, -0.2) is 50.9 Å². The number of carbonyl (C=O) groups excluding carboxylic acids is 2. The molecule has 1 aromatic carbocycles. The quantitative estimate of drug-likeness (QED) is 0.414. The van der Waals surface area contributed by atoms with Gasteiger partial charge in [0.1, 0.15) is 5.57 Å². The molecule has 2 aliphatic rings. The highest BCUT2D eigenvalue weighted by Crippen LogP contribution is 2.30. The van der Waals surface area contributed by atoms with E-state index in [4.69, 9.17) is 28.4 Å². The zero-order valence-corrected chi connectivity index (χ0v) is 16.2. The zero-order valence-electron chi connectivity index (χ0n) is 16.2. The van der Waals surface area contributed by atoms with Gasteiger partial charge in [0.15, 0.2) is 17.8 Å². The first-order valence-electron chi connectivity index (χ1n) is 9.10. The summed E-state index contributed by atoms with van der Waals surface area (Å²) in [6.07, 6.45) is 2.59. The van der Waals surface area contributed by atoms with Gasteiger partial charge in [-0.1, -0.05) is 6.07 Å². The van der Waals surface area contributed by atoms with E-state index in [0.29, 0.717) is 43.3 Å². The molecule has 0 unspecified atom stereocenters. The molecule has 0 amide bonds. The van der Waals surface area contributed by atoms with Crippen LogP contribution in [0, 0.1) is 0 Å². The van der Waals surface area contributed by atoms with Gasteiger partial charge in [0.05, 0.1) is 26.9 Å². The van der Waals surface area contributed by atoms with E-state index in [1.165, 1.54) is 27.0 Å². The molecule has 0 spiro atoms. The van der Waals surface area contributed by atoms with Crippen molar-refractivity contribution in [1.82, 2.24) is 0 Å². The fourth-order valence-electron chi connectivity index (χ4n) is 2.81. The zero-order chi connectivity index (χ0) is 20.1. The molecular formula is C20H24O8. The minimum Gasteiger partial charge on any atom is -0.493 e. The first kappa shape index (κ1) is 20.2. The lowest BCUT2D eigenvalue weighted by Crippen LogP contribution is -2.41. The Morgan fingerprint density at radius 3 is 2.43 bits per heavy atom. The standard InChI is InChI=1S/C20H24O8/c1-20(2)27-18(21)14(19(22)28-20)11-13-5-6-15(23-3)16(12-13)24-10-7-17-25-8-4-9-26-17/h5-6,11-12,17H,4,7-10H2,1-3H3. The molecule has 0 radical (unpaired) electrons. The van der Waals surface area contributed by atoms with Crippen molar-refractivity contribution in [2.75, 3.05) is 26.9 Å². The van der Waals surface area contributed by atoms with Gasteiger partial charge >= 0.3 is 11.9 Å². The minimum absolute atomic E-state index is 0.181. The molecule has 28 heavy (non-hydrogen) atoms. The lowest BCUT2D eigenvalue weighted by Gasteiger charge is -2.29. The lowest BCUT2D eigenvalue weighted by molar-refractivity contribution is -0.222. The van der Waals surface area contributed by atoms with E-state index in [1.54, 1.807) is 18.2 Å². The lowest BCUT2D eigenvalue weighted by atomic mass is 10.1. The SMILES string of the molecule is COc1ccc(C=C2C(=O)OC(C)(C)OC2=O)cc1OCCC1OCCCO1. The fourth-order valence-corrected chi connectivity index (χ4v) is 2.81. The van der Waals surface area contributed by atoms with Gasteiger partial charge in [-0.05, 0) is 30.2 Å². The third-order valence-corrected chi connectivity index (χ3v) is 4.12. The van der Waals surface area contributed by atoms with E-state index in [1.807, 2.05) is 0 Å². The topological polar surface area (TPSA) is 89.5 Å². The Labute approximate surface area is 163 Å². The van der Waals surface area contributed by atoms with Crippen LogP contribution in [0.5, 0.6) is 11.5 Å². The van der Waals surface area contributed by atoms with Crippen LogP contribution < -0.4 is 9.47 Å². The summed E-state index contributed by atoms with van der Waals surface area (Å²) < 4.78 is 32.3. The van der Waals surface area contributed by atoms with E-state index in [9.17, 15) is 9.59 Å². The maximum absolute atomic E-state index is 12.1. The highest BCUT2D eigenvalue weighted by molar-refractivity contribution is 6.18. The molecule has 3 rings (SSSR count). The van der Waals surface area contributed by atoms with Crippen molar-refractivity contribution in [3.8, 4) is 11.5 Å². The van der Waals surface area contributed by atoms with Gasteiger partial charge in [0.2, 0.25) is 0 Å². The van der Waals surface area contributed by atoms with Crippen LogP contribution in [0.2, 0.25) is 0 Å². The minimum atomic E-state index is -1.27. The number of cyclic esters (lactones) is 2. The van der Waals surface area contributed by atoms with Gasteiger partial charge in [0, 0.05) is 20.3 Å². The van der Waals surface area contributed by atoms with E-state index in [-0.39, 0.29) is 11.9 Å². The Bertz CT molecular complexity index is 739. The van der Waals surface area contributed by atoms with Crippen LogP contribution in [0.1, 0.15) is 32.3 Å². The van der Waals surface area contributed by atoms with Gasteiger partial charge < -0.3 is 28.4 Å². The molecule has 0 aliphatic carbocycles. The Morgan fingerprint density at radius 1 is 1.11 bits per heavy atom. The molecule has 1 aromatic rings. The molecule has 2 saturated heterocycles. The maximum atomic E-state index is 12.1. The van der Waals surface area contributed by atoms with Crippen LogP contribution in [0.25, 0.3) is 6.08 Å². The largest absolute Gasteiger partial charge is 0.493 e. The summed E-state index contributed by atoms with van der Waals surface area (Å²) in [6.45, 7) is 4.72. The second-order valence-electron chi connectivity index (χ2n) is 6.81. The number of ether oxygens (including phenoxy) is 6. The van der Waals surface area contributed by atoms with Gasteiger partial charge in [-0.15, -0.1) is 0 Å². The molecule has 2 fully saturated rings. The number of hydrogen-bond donors (Lipinski definition) is 0. The molecule has 8 nitrogen and oxygen atoms in total. The van der Waals surface area contributed by atoms with Crippen LogP contribution in [-0.2, 0) is 28.5 Å². The summed E-state index contributed by atoms with van der Waals surface area (Å²) in [6, 6.07) is 5.07. The second kappa shape index (κ2) is 8.62. The van der Waals surface area contributed by atoms with E-state index >= 15 is 0 Å². The van der Waals surface area contributed by atoms with Crippen molar-refractivity contribution >= 4 is 18.0 Å². The summed E-state index contributed by atoms with van der Waals surface area (Å²) in [5.41, 5.74) is 0.393. The van der Waals surface area contributed by atoms with Crippen LogP contribution in [0.3, 0.4) is 0 Å². The number of benzene rings is 1. The first-order chi connectivity index (χ1) is 13.4. The van der Waals surface area contributed by atoms with Crippen molar-refractivity contribution in [2.24, 2.45) is 0 Å². The predicted molar refractivity (Wildman–Crippen MR) is 97.7 cm³/mol. The van der Waals surface area contributed by atoms with Crippen molar-refractivity contribution in [3.05, 3.63) is 29.3 Å². The van der Waals surface area contributed by atoms with Crippen molar-refractivity contribution in [2.45, 2.75) is 38.8 Å². The number of hydrogen-bond acceptors (Lipinski definition) is 8. The van der Waals surface area contributed by atoms with Crippen molar-refractivity contribution < 1.29 is 38.0 Å². The molecule has 0 aromatic heterocycles. The Kier molecular flexibility index (Phi) is 6.21. The third kappa shape index (κ3) is 5.02. The first-order valence-corrected chi connectivity index (χ1v) is 9.10. The van der Waals surface area contributed by atoms with Crippen LogP contribution >= 0.6 is 0 Å². The monoisotopic (exact) mass is 392 g/mol. The fraction of sp³-hybridized carbons (Fsp3) is 0.500. The highest BCUT2D eigenvalue weighted by Gasteiger charge is 2.38. The Hall–Kier alpha value is -2.58. The van der Waals surface area contributed by atoms with Crippen LogP contribution in [0.4, 0.5) is 0 Å². The van der Waals surface area contributed by atoms with Gasteiger partial charge in [-0.25, -0.2) is 9.59 Å². The highest BCUT2D eigenvalue weighted by atomic mass is 16.7. The summed E-state index contributed by atoms with van der Waals surface area (Å²) >= 11 is 0. The molecular weight excluding hydrogens is 368 g/mol. The molecule has 2 aliphatic heterocycles. The van der Waals surface area contributed by atoms with Crippen molar-refractivity contribution in [1.29, 1.82) is 0 Å². The number of carbonyl (C=O) groups is 2. The molecule has 8 heteroatoms. The molecule has 0 N–H and O–H groups in total. The number of rotatable bonds is 6. The Morgan fingerprint density at radius 2 is 1.79 bits per heavy atom. The van der Waals surface area contributed by atoms with E-state index in [2.05, 4.69) is 0 Å². The maximum Gasteiger partial charge on any atom is 0.348 e. The van der Waals surface area contributed by atoms with E-state index < -0.39 is 17.7 Å². The summed E-state index contributed by atoms with van der Waals surface area (Å²) in [5, 5.41) is 0. The number of methoxy groups -OCH3 is 1. The molecule has 152 valence electrons. The average molecular weight is 392 g/mol. The summed E-state index contributed by atoms with van der Waals surface area (Å²) in [7, 11) is 1.53. The van der Waals surface area contributed by atoms with Crippen molar-refractivity contribution in [3.63, 3.8) is 0 Å². The average Bonchev–Trinajstić information content (AvgIpc) is 2.65. The van der Waals surface area contributed by atoms with Gasteiger partial charge in [-0.2, -0.15) is 0 Å². The van der Waals surface area contributed by atoms with Gasteiger partial charge in [0.25, 0.3) is 5.79 Å². The van der Waals surface area contributed by atoms with Gasteiger partial charge in [-0.3, -0.25) is 0 Å². The smallest absolute Gasteiger partial charge is 0.348 e. The Balaban J connectivity index is 1.71. The summed E-state index contributed by atoms with van der Waals surface area (Å²) in [4.78, 5) is 24.2. The summed E-state index contributed by atoms with van der Waals surface area (Å²) in [5.74, 6) is -1.73. The third-order valence-electron chi connectivity index (χ3n) is 4.12. The molecule has 0 saturated carbocycles. The second-order valence-corrected chi connectivity index (χ2v) is 6.81. The van der Waals surface area contributed by atoms with Crippen LogP contribution in [0.15, 0.2) is 23.8 Å². The van der Waals surface area contributed by atoms with E-state index in [0.717, 1.165) is 6.42 Å². The molecule has 2 heterocycles. The predicted octanol–water partition coefficient (Wildman–Crippen LogP) is 2.45.